The summed E-state index contributed by atoms with van der Waals surface area (Å²) >= 11 is 5.75. The van der Waals surface area contributed by atoms with E-state index < -0.39 is 0 Å². The van der Waals surface area contributed by atoms with Gasteiger partial charge in [0.2, 0.25) is 0 Å². The summed E-state index contributed by atoms with van der Waals surface area (Å²) in [4.78, 5) is 4.33. The van der Waals surface area contributed by atoms with Gasteiger partial charge in [-0.2, -0.15) is 0 Å². The molecule has 4 nitrogen and oxygen atoms in total. The van der Waals surface area contributed by atoms with Gasteiger partial charge in [-0.05, 0) is 67.4 Å². The summed E-state index contributed by atoms with van der Waals surface area (Å²) in [7, 11) is 4.11. The summed E-state index contributed by atoms with van der Waals surface area (Å²) in [6.45, 7) is 4.52. The predicted octanol–water partition coefficient (Wildman–Crippen LogP) is 4.44. The first-order valence-electron chi connectivity index (χ1n) is 9.52. The fourth-order valence-corrected chi connectivity index (χ4v) is 3.56. The van der Waals surface area contributed by atoms with Gasteiger partial charge in [-0.3, -0.25) is 0 Å². The van der Waals surface area contributed by atoms with Crippen LogP contribution in [-0.2, 0) is 11.3 Å². The van der Waals surface area contributed by atoms with Crippen molar-refractivity contribution in [2.75, 3.05) is 37.5 Å². The number of thiocarbonyl (C=S) groups is 1. The van der Waals surface area contributed by atoms with E-state index in [9.17, 15) is 0 Å². The lowest BCUT2D eigenvalue weighted by molar-refractivity contribution is 0.0905. The maximum Gasteiger partial charge on any atom is 0.173 e. The van der Waals surface area contributed by atoms with Crippen molar-refractivity contribution in [2.45, 2.75) is 32.4 Å². The number of anilines is 2. The van der Waals surface area contributed by atoms with Crippen LogP contribution in [0.1, 0.15) is 24.0 Å². The Labute approximate surface area is 168 Å². The lowest BCUT2D eigenvalue weighted by Gasteiger charge is -2.28. The monoisotopic (exact) mass is 383 g/mol. The predicted molar refractivity (Wildman–Crippen MR) is 118 cm³/mol. The minimum atomic E-state index is 0.253. The molecule has 1 saturated heterocycles. The first-order chi connectivity index (χ1) is 13.0. The topological polar surface area (TPSA) is 27.7 Å². The van der Waals surface area contributed by atoms with Gasteiger partial charge in [-0.15, -0.1) is 0 Å². The number of nitrogens with one attached hydrogen (secondary N) is 1. The summed E-state index contributed by atoms with van der Waals surface area (Å²) < 4.78 is 5.86. The Morgan fingerprint density at radius 2 is 1.96 bits per heavy atom. The molecule has 1 heterocycles. The number of nitrogens with zero attached hydrogens (tertiary/aromatic N) is 2. The number of aryl methyl sites for hydroxylation is 1. The average molecular weight is 384 g/mol. The molecule has 0 aromatic heterocycles. The Balaban J connectivity index is 1.72. The Bertz CT molecular complexity index is 754. The third kappa shape index (κ3) is 5.68. The average Bonchev–Trinajstić information content (AvgIpc) is 3.15. The van der Waals surface area contributed by atoms with Crippen LogP contribution in [0.2, 0.25) is 0 Å². The molecule has 0 bridgehead atoms. The van der Waals surface area contributed by atoms with Crippen LogP contribution in [0.5, 0.6) is 0 Å². The highest BCUT2D eigenvalue weighted by atomic mass is 32.1. The molecule has 1 fully saturated rings. The van der Waals surface area contributed by atoms with Gasteiger partial charge in [0, 0.05) is 45.2 Å². The Kier molecular flexibility index (Phi) is 6.69. The summed E-state index contributed by atoms with van der Waals surface area (Å²) in [6, 6.07) is 16.9. The molecule has 0 radical (unpaired) electrons. The minimum Gasteiger partial charge on any atom is -0.378 e. The standard InChI is InChI=1S/C22H29N3OS/c1-17-6-4-7-19(14-17)23-22(27)25(16-21-8-5-13-26-21)15-18-9-11-20(12-10-18)24(2)3/h4,6-7,9-12,14,21H,5,8,13,15-16H2,1-3H3,(H,23,27)/t21-/m1/s1. The van der Waals surface area contributed by atoms with E-state index in [4.69, 9.17) is 17.0 Å². The number of ether oxygens (including phenoxy) is 1. The van der Waals surface area contributed by atoms with Gasteiger partial charge in [-0.1, -0.05) is 24.3 Å². The van der Waals surface area contributed by atoms with E-state index in [1.807, 2.05) is 6.07 Å². The molecule has 0 aliphatic carbocycles. The van der Waals surface area contributed by atoms with Crippen molar-refractivity contribution < 1.29 is 4.74 Å². The lowest BCUT2D eigenvalue weighted by atomic mass is 10.1. The van der Waals surface area contributed by atoms with Crippen molar-refractivity contribution in [2.24, 2.45) is 0 Å². The highest BCUT2D eigenvalue weighted by Crippen LogP contribution is 2.19. The van der Waals surface area contributed by atoms with E-state index in [1.165, 1.54) is 16.8 Å². The van der Waals surface area contributed by atoms with E-state index >= 15 is 0 Å². The first kappa shape index (κ1) is 19.6. The van der Waals surface area contributed by atoms with Gasteiger partial charge in [0.25, 0.3) is 0 Å². The van der Waals surface area contributed by atoms with Gasteiger partial charge >= 0.3 is 0 Å². The Hall–Kier alpha value is -2.11. The maximum absolute atomic E-state index is 5.86. The molecule has 27 heavy (non-hydrogen) atoms. The zero-order valence-corrected chi connectivity index (χ0v) is 17.3. The highest BCUT2D eigenvalue weighted by molar-refractivity contribution is 7.80. The van der Waals surface area contributed by atoms with Crippen LogP contribution in [0.3, 0.4) is 0 Å². The van der Waals surface area contributed by atoms with Crippen molar-refractivity contribution >= 4 is 28.7 Å². The number of hydrogen-bond donors (Lipinski definition) is 1. The zero-order valence-electron chi connectivity index (χ0n) is 16.4. The molecule has 5 heteroatoms. The molecule has 0 amide bonds. The second-order valence-electron chi connectivity index (χ2n) is 7.38. The molecule has 144 valence electrons. The van der Waals surface area contributed by atoms with Crippen molar-refractivity contribution in [3.63, 3.8) is 0 Å². The van der Waals surface area contributed by atoms with Gasteiger partial charge in [-0.25, -0.2) is 0 Å². The summed E-state index contributed by atoms with van der Waals surface area (Å²) in [6.07, 6.45) is 2.49. The number of benzene rings is 2. The summed E-state index contributed by atoms with van der Waals surface area (Å²) in [5.41, 5.74) is 4.69. The first-order valence-corrected chi connectivity index (χ1v) is 9.92. The van der Waals surface area contributed by atoms with E-state index in [0.29, 0.717) is 0 Å². The molecule has 3 rings (SSSR count). The van der Waals surface area contributed by atoms with Gasteiger partial charge in [0.1, 0.15) is 0 Å². The molecular formula is C22H29N3OS. The molecule has 2 aromatic rings. The third-order valence-corrected chi connectivity index (χ3v) is 5.19. The maximum atomic E-state index is 5.86. The van der Waals surface area contributed by atoms with Gasteiger partial charge < -0.3 is 19.9 Å². The van der Waals surface area contributed by atoms with E-state index in [0.717, 1.165) is 43.3 Å². The number of hydrogen-bond acceptors (Lipinski definition) is 3. The minimum absolute atomic E-state index is 0.253. The van der Waals surface area contributed by atoms with E-state index in [-0.39, 0.29) is 6.10 Å². The molecule has 1 atom stereocenters. The molecular weight excluding hydrogens is 354 g/mol. The second kappa shape index (κ2) is 9.20. The van der Waals surface area contributed by atoms with Crippen molar-refractivity contribution in [3.05, 3.63) is 59.7 Å². The van der Waals surface area contributed by atoms with Crippen LogP contribution in [0.15, 0.2) is 48.5 Å². The Morgan fingerprint density at radius 3 is 2.59 bits per heavy atom. The van der Waals surface area contributed by atoms with Crippen molar-refractivity contribution in [1.29, 1.82) is 0 Å². The van der Waals surface area contributed by atoms with Crippen LogP contribution in [0, 0.1) is 6.92 Å². The molecule has 0 unspecified atom stereocenters. The van der Waals surface area contributed by atoms with Crippen LogP contribution in [0.25, 0.3) is 0 Å². The SMILES string of the molecule is Cc1cccc(NC(=S)N(Cc2ccc(N(C)C)cc2)C[C@H]2CCCO2)c1. The fraction of sp³-hybridized carbons (Fsp3) is 0.409. The molecule has 0 spiro atoms. The third-order valence-electron chi connectivity index (χ3n) is 4.83. The number of rotatable bonds is 6. The van der Waals surface area contributed by atoms with Crippen LogP contribution >= 0.6 is 12.2 Å². The van der Waals surface area contributed by atoms with Crippen molar-refractivity contribution in [3.8, 4) is 0 Å². The summed E-state index contributed by atoms with van der Waals surface area (Å²) in [5, 5.41) is 4.14. The molecule has 0 saturated carbocycles. The molecule has 1 aliphatic heterocycles. The zero-order chi connectivity index (χ0) is 19.2. The highest BCUT2D eigenvalue weighted by Gasteiger charge is 2.21. The molecule has 1 N–H and O–H groups in total. The van der Waals surface area contributed by atoms with Crippen LogP contribution in [-0.4, -0.2) is 43.4 Å². The van der Waals surface area contributed by atoms with Crippen molar-refractivity contribution in [1.82, 2.24) is 4.90 Å². The van der Waals surface area contributed by atoms with Gasteiger partial charge in [0.05, 0.1) is 6.10 Å². The second-order valence-corrected chi connectivity index (χ2v) is 7.76. The lowest BCUT2D eigenvalue weighted by Crippen LogP contribution is -2.39. The van der Waals surface area contributed by atoms with Crippen LogP contribution in [0.4, 0.5) is 11.4 Å². The quantitative estimate of drug-likeness (QED) is 0.745. The van der Waals surface area contributed by atoms with E-state index in [2.05, 4.69) is 78.6 Å². The molecule has 2 aromatic carbocycles. The smallest absolute Gasteiger partial charge is 0.173 e. The largest absolute Gasteiger partial charge is 0.378 e. The van der Waals surface area contributed by atoms with Gasteiger partial charge in [0.15, 0.2) is 5.11 Å². The Morgan fingerprint density at radius 1 is 1.19 bits per heavy atom. The summed E-state index contributed by atoms with van der Waals surface area (Å²) in [5.74, 6) is 0. The normalized spacial score (nSPS) is 16.2. The van der Waals surface area contributed by atoms with Crippen LogP contribution < -0.4 is 10.2 Å². The molecule has 1 aliphatic rings. The fourth-order valence-electron chi connectivity index (χ4n) is 3.30. The van der Waals surface area contributed by atoms with E-state index in [1.54, 1.807) is 0 Å².